The number of benzene rings is 1. The first-order valence-electron chi connectivity index (χ1n) is 9.74. The van der Waals surface area contributed by atoms with Crippen molar-refractivity contribution >= 4 is 34.7 Å². The molecule has 1 unspecified atom stereocenters. The predicted octanol–water partition coefficient (Wildman–Crippen LogP) is 5.91. The van der Waals surface area contributed by atoms with Crippen molar-refractivity contribution in [2.75, 3.05) is 5.75 Å². The highest BCUT2D eigenvalue weighted by Gasteiger charge is 2.24. The molecule has 0 amide bonds. The highest BCUT2D eigenvalue weighted by atomic mass is 35.5. The molecule has 7 heteroatoms. The monoisotopic (exact) mass is 433 g/mol. The lowest BCUT2D eigenvalue weighted by Crippen LogP contribution is -2.17. The molecular weight excluding hydrogens is 410 g/mol. The lowest BCUT2D eigenvalue weighted by molar-refractivity contribution is 0.204. The van der Waals surface area contributed by atoms with Crippen molar-refractivity contribution in [3.05, 3.63) is 63.1 Å². The van der Waals surface area contributed by atoms with Gasteiger partial charge in [0.1, 0.15) is 5.82 Å². The van der Waals surface area contributed by atoms with Crippen LogP contribution in [0.1, 0.15) is 60.5 Å². The number of aromatic nitrogens is 3. The van der Waals surface area contributed by atoms with Crippen LogP contribution in [0.3, 0.4) is 0 Å². The van der Waals surface area contributed by atoms with Crippen LogP contribution in [0.5, 0.6) is 0 Å². The Hall–Kier alpha value is -1.34. The first kappa shape index (κ1) is 20.0. The van der Waals surface area contributed by atoms with E-state index in [1.807, 2.05) is 24.3 Å². The van der Waals surface area contributed by atoms with E-state index in [1.54, 1.807) is 23.1 Å². The summed E-state index contributed by atoms with van der Waals surface area (Å²) < 4.78 is 2.34. The van der Waals surface area contributed by atoms with Gasteiger partial charge in [0.2, 0.25) is 0 Å². The summed E-state index contributed by atoms with van der Waals surface area (Å²) in [7, 11) is 0. The number of thioether (sulfide) groups is 1. The Labute approximate surface area is 179 Å². The SMILES string of the molecule is OC(CSc1nnc(Cc2cccs2)n1C1CCCCC1)c1ccccc1Cl. The maximum atomic E-state index is 10.6. The highest BCUT2D eigenvalue weighted by Crippen LogP contribution is 2.35. The molecule has 0 spiro atoms. The van der Waals surface area contributed by atoms with Gasteiger partial charge in [-0.1, -0.05) is 66.9 Å². The lowest BCUT2D eigenvalue weighted by Gasteiger charge is -2.25. The minimum atomic E-state index is -0.629. The van der Waals surface area contributed by atoms with E-state index < -0.39 is 6.10 Å². The van der Waals surface area contributed by atoms with E-state index in [0.717, 1.165) is 23.0 Å². The van der Waals surface area contributed by atoms with Gasteiger partial charge in [-0.15, -0.1) is 21.5 Å². The molecule has 1 N–H and O–H groups in total. The van der Waals surface area contributed by atoms with Crippen LogP contribution in [0.25, 0.3) is 0 Å². The Balaban J connectivity index is 1.54. The van der Waals surface area contributed by atoms with Crippen LogP contribution < -0.4 is 0 Å². The quantitative estimate of drug-likeness (QED) is 0.470. The first-order valence-corrected chi connectivity index (χ1v) is 12.0. The molecule has 0 aliphatic heterocycles. The number of hydrogen-bond donors (Lipinski definition) is 1. The average molecular weight is 434 g/mol. The maximum absolute atomic E-state index is 10.6. The second-order valence-corrected chi connectivity index (χ2v) is 9.59. The molecule has 4 rings (SSSR count). The Kier molecular flexibility index (Phi) is 6.73. The molecule has 0 bridgehead atoms. The molecule has 3 aromatic rings. The zero-order valence-electron chi connectivity index (χ0n) is 15.6. The predicted molar refractivity (Wildman–Crippen MR) is 116 cm³/mol. The molecule has 1 atom stereocenters. The number of aliphatic hydroxyl groups excluding tert-OH is 1. The molecule has 0 radical (unpaired) electrons. The summed E-state index contributed by atoms with van der Waals surface area (Å²) in [5.74, 6) is 1.54. The number of halogens is 1. The first-order chi connectivity index (χ1) is 13.7. The van der Waals surface area contributed by atoms with Crippen molar-refractivity contribution in [1.29, 1.82) is 0 Å². The molecule has 28 heavy (non-hydrogen) atoms. The van der Waals surface area contributed by atoms with Crippen molar-refractivity contribution in [3.8, 4) is 0 Å². The minimum absolute atomic E-state index is 0.457. The zero-order chi connectivity index (χ0) is 19.3. The van der Waals surface area contributed by atoms with Gasteiger partial charge in [0, 0.05) is 28.1 Å². The van der Waals surface area contributed by atoms with Crippen LogP contribution in [0, 0.1) is 0 Å². The number of aliphatic hydroxyl groups is 1. The van der Waals surface area contributed by atoms with Crippen LogP contribution in [0.15, 0.2) is 46.9 Å². The van der Waals surface area contributed by atoms with Crippen molar-refractivity contribution in [3.63, 3.8) is 0 Å². The summed E-state index contributed by atoms with van der Waals surface area (Å²) in [4.78, 5) is 1.30. The Morgan fingerprint density at radius 3 is 2.71 bits per heavy atom. The van der Waals surface area contributed by atoms with E-state index in [-0.39, 0.29) is 0 Å². The van der Waals surface area contributed by atoms with E-state index in [4.69, 9.17) is 11.6 Å². The van der Waals surface area contributed by atoms with Gasteiger partial charge in [-0.25, -0.2) is 0 Å². The van der Waals surface area contributed by atoms with Gasteiger partial charge >= 0.3 is 0 Å². The third-order valence-electron chi connectivity index (χ3n) is 5.22. The normalized spacial score (nSPS) is 16.4. The van der Waals surface area contributed by atoms with Gasteiger partial charge in [0.05, 0.1) is 6.10 Å². The molecule has 2 aromatic heterocycles. The van der Waals surface area contributed by atoms with E-state index in [1.165, 1.54) is 37.0 Å². The molecule has 1 fully saturated rings. The summed E-state index contributed by atoms with van der Waals surface area (Å²) in [6.07, 6.45) is 6.37. The van der Waals surface area contributed by atoms with Crippen LogP contribution in [0.4, 0.5) is 0 Å². The van der Waals surface area contributed by atoms with E-state index in [9.17, 15) is 5.11 Å². The van der Waals surface area contributed by atoms with Gasteiger partial charge in [0.15, 0.2) is 5.16 Å². The van der Waals surface area contributed by atoms with Crippen molar-refractivity contribution in [1.82, 2.24) is 14.8 Å². The second kappa shape index (κ2) is 9.44. The Morgan fingerprint density at radius 1 is 1.14 bits per heavy atom. The van der Waals surface area contributed by atoms with Gasteiger partial charge in [0.25, 0.3) is 0 Å². The van der Waals surface area contributed by atoms with Crippen LogP contribution >= 0.6 is 34.7 Å². The van der Waals surface area contributed by atoms with E-state index in [2.05, 4.69) is 32.3 Å². The van der Waals surface area contributed by atoms with Gasteiger partial charge in [-0.05, 0) is 35.9 Å². The molecule has 2 heterocycles. The third-order valence-corrected chi connectivity index (χ3v) is 7.46. The Bertz CT molecular complexity index is 891. The number of hydrogen-bond acceptors (Lipinski definition) is 5. The average Bonchev–Trinajstić information content (AvgIpc) is 3.37. The molecule has 1 aromatic carbocycles. The standard InChI is InChI=1S/C21H24ClN3OS2/c22-18-11-5-4-10-17(18)19(26)14-28-21-24-23-20(13-16-9-6-12-27-16)25(21)15-7-2-1-3-8-15/h4-6,9-12,15,19,26H,1-3,7-8,13-14H2. The largest absolute Gasteiger partial charge is 0.387 e. The van der Waals surface area contributed by atoms with Gasteiger partial charge < -0.3 is 9.67 Å². The fraction of sp³-hybridized carbons (Fsp3) is 0.429. The summed E-state index contributed by atoms with van der Waals surface area (Å²) in [5, 5.41) is 23.2. The third kappa shape index (κ3) is 4.62. The minimum Gasteiger partial charge on any atom is -0.387 e. The second-order valence-electron chi connectivity index (χ2n) is 7.17. The number of rotatable bonds is 7. The van der Waals surface area contributed by atoms with Crippen LogP contribution in [-0.4, -0.2) is 25.6 Å². The summed E-state index contributed by atoms with van der Waals surface area (Å²) in [5.41, 5.74) is 0.763. The van der Waals surface area contributed by atoms with Crippen LogP contribution in [-0.2, 0) is 6.42 Å². The van der Waals surface area contributed by atoms with Gasteiger partial charge in [-0.2, -0.15) is 0 Å². The molecule has 1 aliphatic carbocycles. The zero-order valence-corrected chi connectivity index (χ0v) is 18.0. The fourth-order valence-corrected chi connectivity index (χ4v) is 5.73. The maximum Gasteiger partial charge on any atom is 0.191 e. The van der Waals surface area contributed by atoms with Crippen LogP contribution in [0.2, 0.25) is 5.02 Å². The molecular formula is C21H24ClN3OS2. The van der Waals surface area contributed by atoms with Crippen molar-refractivity contribution in [2.24, 2.45) is 0 Å². The lowest BCUT2D eigenvalue weighted by atomic mass is 9.95. The molecule has 4 nitrogen and oxygen atoms in total. The topological polar surface area (TPSA) is 50.9 Å². The van der Waals surface area contributed by atoms with E-state index >= 15 is 0 Å². The summed E-state index contributed by atoms with van der Waals surface area (Å²) in [6.45, 7) is 0. The number of thiophene rings is 1. The molecule has 1 aliphatic rings. The fourth-order valence-electron chi connectivity index (χ4n) is 3.79. The number of nitrogens with zero attached hydrogens (tertiary/aromatic N) is 3. The van der Waals surface area contributed by atoms with Crippen molar-refractivity contribution < 1.29 is 5.11 Å². The smallest absolute Gasteiger partial charge is 0.191 e. The molecule has 0 saturated heterocycles. The van der Waals surface area contributed by atoms with Crippen molar-refractivity contribution in [2.45, 2.75) is 55.8 Å². The molecule has 1 saturated carbocycles. The Morgan fingerprint density at radius 2 is 1.96 bits per heavy atom. The molecule has 148 valence electrons. The summed E-state index contributed by atoms with van der Waals surface area (Å²) in [6, 6.07) is 12.2. The van der Waals surface area contributed by atoms with Gasteiger partial charge in [-0.3, -0.25) is 0 Å². The highest BCUT2D eigenvalue weighted by molar-refractivity contribution is 7.99. The summed E-state index contributed by atoms with van der Waals surface area (Å²) >= 11 is 9.56. The van der Waals surface area contributed by atoms with E-state index in [0.29, 0.717) is 16.8 Å².